The van der Waals surface area contributed by atoms with Gasteiger partial charge in [-0.2, -0.15) is 0 Å². The molecule has 122 valence electrons. The lowest BCUT2D eigenvalue weighted by molar-refractivity contribution is 0.251. The minimum atomic E-state index is -0.390. The molecule has 6 heteroatoms. The second kappa shape index (κ2) is 5.68. The Labute approximate surface area is 134 Å². The zero-order valence-corrected chi connectivity index (χ0v) is 13.4. The predicted octanol–water partition coefficient (Wildman–Crippen LogP) is 3.96. The molecule has 23 heavy (non-hydrogen) atoms. The lowest BCUT2D eigenvalue weighted by Gasteiger charge is -2.07. The van der Waals surface area contributed by atoms with Crippen molar-refractivity contribution in [2.24, 2.45) is 11.3 Å². The van der Waals surface area contributed by atoms with E-state index in [9.17, 15) is 9.18 Å². The highest BCUT2D eigenvalue weighted by Crippen LogP contribution is 2.50. The van der Waals surface area contributed by atoms with Gasteiger partial charge in [0.15, 0.2) is 11.6 Å². The van der Waals surface area contributed by atoms with Gasteiger partial charge in [-0.15, -0.1) is 0 Å². The van der Waals surface area contributed by atoms with E-state index >= 15 is 0 Å². The summed E-state index contributed by atoms with van der Waals surface area (Å²) in [5.74, 6) is 0.747. The minimum Gasteiger partial charge on any atom is -0.354 e. The van der Waals surface area contributed by atoms with Crippen LogP contribution in [0.15, 0.2) is 28.8 Å². The second-order valence-electron chi connectivity index (χ2n) is 6.69. The Hall–Kier alpha value is -2.37. The Morgan fingerprint density at radius 1 is 1.43 bits per heavy atom. The van der Waals surface area contributed by atoms with Crippen molar-refractivity contribution in [1.82, 2.24) is 10.5 Å². The van der Waals surface area contributed by atoms with Crippen molar-refractivity contribution < 1.29 is 13.7 Å². The summed E-state index contributed by atoms with van der Waals surface area (Å²) in [5, 5.41) is 9.31. The fourth-order valence-electron chi connectivity index (χ4n) is 2.64. The van der Waals surface area contributed by atoms with Crippen molar-refractivity contribution in [3.63, 3.8) is 0 Å². The Morgan fingerprint density at radius 3 is 2.78 bits per heavy atom. The molecule has 1 atom stereocenters. The number of carbonyl (C=O) groups is 1. The summed E-state index contributed by atoms with van der Waals surface area (Å²) in [5.41, 5.74) is 1.23. The van der Waals surface area contributed by atoms with Crippen LogP contribution in [0.5, 0.6) is 0 Å². The zero-order chi connectivity index (χ0) is 16.6. The van der Waals surface area contributed by atoms with Gasteiger partial charge in [-0.3, -0.25) is 5.32 Å². The van der Waals surface area contributed by atoms with E-state index in [1.807, 2.05) is 0 Å². The van der Waals surface area contributed by atoms with E-state index in [-0.39, 0.29) is 6.03 Å². The van der Waals surface area contributed by atoms with E-state index in [0.29, 0.717) is 40.6 Å². The molecule has 1 saturated carbocycles. The molecule has 1 fully saturated rings. The van der Waals surface area contributed by atoms with Gasteiger partial charge in [0.1, 0.15) is 5.82 Å². The molecular formula is C17H20FN3O2. The van der Waals surface area contributed by atoms with Crippen LogP contribution in [0.2, 0.25) is 0 Å². The molecule has 0 radical (unpaired) electrons. The van der Waals surface area contributed by atoms with E-state index in [2.05, 4.69) is 29.6 Å². The van der Waals surface area contributed by atoms with Crippen LogP contribution < -0.4 is 10.6 Å². The van der Waals surface area contributed by atoms with Gasteiger partial charge in [-0.25, -0.2) is 9.18 Å². The van der Waals surface area contributed by atoms with E-state index in [4.69, 9.17) is 4.52 Å². The van der Waals surface area contributed by atoms with E-state index in [0.717, 1.165) is 6.42 Å². The van der Waals surface area contributed by atoms with Crippen LogP contribution in [0.4, 0.5) is 15.0 Å². The number of hydrogen-bond acceptors (Lipinski definition) is 3. The van der Waals surface area contributed by atoms with Crippen LogP contribution in [0.3, 0.4) is 0 Å². The number of benzene rings is 1. The van der Waals surface area contributed by atoms with Crippen molar-refractivity contribution in [1.29, 1.82) is 0 Å². The highest BCUT2D eigenvalue weighted by molar-refractivity contribution is 5.89. The highest BCUT2D eigenvalue weighted by atomic mass is 19.1. The molecule has 3 rings (SSSR count). The van der Waals surface area contributed by atoms with Gasteiger partial charge in [-0.05, 0) is 36.8 Å². The summed E-state index contributed by atoms with van der Waals surface area (Å²) in [7, 11) is 0. The minimum absolute atomic E-state index is 0.302. The van der Waals surface area contributed by atoms with Crippen molar-refractivity contribution in [3.05, 3.63) is 35.6 Å². The van der Waals surface area contributed by atoms with Crippen LogP contribution in [0.25, 0.3) is 11.3 Å². The highest BCUT2D eigenvalue weighted by Gasteiger charge is 2.45. The van der Waals surface area contributed by atoms with Gasteiger partial charge < -0.3 is 9.84 Å². The van der Waals surface area contributed by atoms with Crippen LogP contribution in [0.1, 0.15) is 25.8 Å². The topological polar surface area (TPSA) is 67.2 Å². The van der Waals surface area contributed by atoms with Crippen molar-refractivity contribution in [2.75, 3.05) is 11.9 Å². The Morgan fingerprint density at radius 2 is 2.13 bits per heavy atom. The fourth-order valence-corrected chi connectivity index (χ4v) is 2.64. The van der Waals surface area contributed by atoms with Gasteiger partial charge in [0.2, 0.25) is 0 Å². The monoisotopic (exact) mass is 317 g/mol. The number of hydrogen-bond donors (Lipinski definition) is 2. The van der Waals surface area contributed by atoms with Crippen molar-refractivity contribution >= 4 is 11.8 Å². The quantitative estimate of drug-likeness (QED) is 0.897. The first-order chi connectivity index (χ1) is 10.9. The lowest BCUT2D eigenvalue weighted by atomic mass is 10.1. The summed E-state index contributed by atoms with van der Waals surface area (Å²) in [4.78, 5) is 11.9. The Kier molecular flexibility index (Phi) is 3.83. The van der Waals surface area contributed by atoms with Crippen LogP contribution >= 0.6 is 0 Å². The molecule has 5 nitrogen and oxygen atoms in total. The molecule has 0 saturated heterocycles. The third-order valence-corrected chi connectivity index (χ3v) is 4.50. The maximum Gasteiger partial charge on any atom is 0.320 e. The maximum atomic E-state index is 13.8. The average molecular weight is 317 g/mol. The molecular weight excluding hydrogens is 297 g/mol. The molecule has 0 bridgehead atoms. The molecule has 1 unspecified atom stereocenters. The van der Waals surface area contributed by atoms with E-state index < -0.39 is 5.82 Å². The first-order valence-corrected chi connectivity index (χ1v) is 7.64. The summed E-state index contributed by atoms with van der Waals surface area (Å²) >= 11 is 0. The fraction of sp³-hybridized carbons (Fsp3) is 0.412. The number of halogens is 1. The summed E-state index contributed by atoms with van der Waals surface area (Å²) < 4.78 is 19.0. The lowest BCUT2D eigenvalue weighted by Crippen LogP contribution is -2.31. The Balaban J connectivity index is 1.65. The molecule has 1 heterocycles. The molecule has 0 aliphatic heterocycles. The smallest absolute Gasteiger partial charge is 0.320 e. The van der Waals surface area contributed by atoms with Crippen molar-refractivity contribution in [2.45, 2.75) is 27.2 Å². The summed E-state index contributed by atoms with van der Waals surface area (Å²) in [6, 6.07) is 5.97. The van der Waals surface area contributed by atoms with Gasteiger partial charge in [0, 0.05) is 12.1 Å². The molecule has 1 aliphatic carbocycles. The largest absolute Gasteiger partial charge is 0.354 e. The molecule has 1 aromatic heterocycles. The predicted molar refractivity (Wildman–Crippen MR) is 85.5 cm³/mol. The number of rotatable bonds is 4. The average Bonchev–Trinajstić information content (AvgIpc) is 2.97. The van der Waals surface area contributed by atoms with Gasteiger partial charge in [-0.1, -0.05) is 31.1 Å². The van der Waals surface area contributed by atoms with Crippen molar-refractivity contribution in [3.8, 4) is 11.3 Å². The number of anilines is 1. The first-order valence-electron chi connectivity index (χ1n) is 7.64. The SMILES string of the molecule is Cc1c(NC(=O)NCC2CC2(C)C)noc1-c1ccccc1F. The number of carbonyl (C=O) groups excluding carboxylic acids is 1. The summed E-state index contributed by atoms with van der Waals surface area (Å²) in [6.07, 6.45) is 1.12. The number of aromatic nitrogens is 1. The third kappa shape index (κ3) is 3.21. The first kappa shape index (κ1) is 15.5. The number of amides is 2. The molecule has 1 aliphatic rings. The summed E-state index contributed by atoms with van der Waals surface area (Å²) in [6.45, 7) is 6.73. The molecule has 1 aromatic carbocycles. The van der Waals surface area contributed by atoms with Crippen LogP contribution in [-0.4, -0.2) is 17.7 Å². The molecule has 2 aromatic rings. The van der Waals surface area contributed by atoms with Crippen LogP contribution in [-0.2, 0) is 0 Å². The number of nitrogens with one attached hydrogen (secondary N) is 2. The second-order valence-corrected chi connectivity index (χ2v) is 6.69. The maximum absolute atomic E-state index is 13.8. The number of nitrogens with zero attached hydrogens (tertiary/aromatic N) is 1. The van der Waals surface area contributed by atoms with E-state index in [1.54, 1.807) is 25.1 Å². The van der Waals surface area contributed by atoms with E-state index in [1.165, 1.54) is 6.07 Å². The number of urea groups is 1. The Bertz CT molecular complexity index is 739. The van der Waals surface area contributed by atoms with Gasteiger partial charge in [0.25, 0.3) is 0 Å². The standard InChI is InChI=1S/C17H20FN3O2/c1-10-14(12-6-4-5-7-13(12)18)23-21-15(10)20-16(22)19-9-11-8-17(11,2)3/h4-7,11H,8-9H2,1-3H3,(H2,19,20,21,22). The molecule has 2 amide bonds. The normalized spacial score (nSPS) is 18.5. The third-order valence-electron chi connectivity index (χ3n) is 4.50. The molecule has 2 N–H and O–H groups in total. The van der Waals surface area contributed by atoms with Gasteiger partial charge in [0.05, 0.1) is 5.56 Å². The zero-order valence-electron chi connectivity index (χ0n) is 13.4. The molecule has 0 spiro atoms. The van der Waals surface area contributed by atoms with Gasteiger partial charge >= 0.3 is 6.03 Å². The van der Waals surface area contributed by atoms with Crippen LogP contribution in [0, 0.1) is 24.1 Å².